The fraction of sp³-hybridized carbons (Fsp3) is 0.138. The van der Waals surface area contributed by atoms with Crippen LogP contribution < -0.4 is 10.5 Å². The smallest absolute Gasteiger partial charge is 0.149 e. The molecule has 0 amide bonds. The highest BCUT2D eigenvalue weighted by atomic mass is 35.5. The van der Waals surface area contributed by atoms with E-state index in [-0.39, 0.29) is 6.04 Å². The predicted octanol–water partition coefficient (Wildman–Crippen LogP) is 7.75. The Balaban J connectivity index is 1.48. The zero-order valence-corrected chi connectivity index (χ0v) is 20.4. The molecule has 5 heteroatoms. The van der Waals surface area contributed by atoms with Gasteiger partial charge in [-0.15, -0.1) is 11.3 Å². The lowest BCUT2D eigenvalue weighted by Crippen LogP contribution is -2.14. The van der Waals surface area contributed by atoms with Gasteiger partial charge in [-0.05, 0) is 72.0 Å². The van der Waals surface area contributed by atoms with Crippen LogP contribution in [-0.4, -0.2) is 4.98 Å². The van der Waals surface area contributed by atoms with Gasteiger partial charge in [-0.1, -0.05) is 60.1 Å². The van der Waals surface area contributed by atoms with Crippen LogP contribution in [-0.2, 0) is 13.0 Å². The molecule has 1 atom stereocenters. The van der Waals surface area contributed by atoms with E-state index in [1.54, 1.807) is 17.5 Å². The van der Waals surface area contributed by atoms with Gasteiger partial charge < -0.3 is 10.5 Å². The first kappa shape index (κ1) is 22.6. The molecule has 0 saturated carbocycles. The fourth-order valence-corrected chi connectivity index (χ4v) is 5.28. The number of hydrogen-bond acceptors (Lipinski definition) is 4. The van der Waals surface area contributed by atoms with Crippen LogP contribution in [0.15, 0.2) is 91.1 Å². The van der Waals surface area contributed by atoms with Gasteiger partial charge in [-0.2, -0.15) is 0 Å². The molecular formula is C29H25ClN2OS. The van der Waals surface area contributed by atoms with Crippen molar-refractivity contribution < 1.29 is 4.74 Å². The Hall–Kier alpha value is -3.18. The Bertz CT molecular complexity index is 1430. The third kappa shape index (κ3) is 4.85. The number of benzene rings is 3. The third-order valence-electron chi connectivity index (χ3n) is 5.88. The summed E-state index contributed by atoms with van der Waals surface area (Å²) < 4.78 is 6.35. The van der Waals surface area contributed by atoms with E-state index < -0.39 is 0 Å². The average molecular weight is 485 g/mol. The van der Waals surface area contributed by atoms with Crippen LogP contribution >= 0.6 is 22.9 Å². The summed E-state index contributed by atoms with van der Waals surface area (Å²) in [7, 11) is 0. The average Bonchev–Trinajstić information content (AvgIpc) is 3.31. The number of aryl methyl sites for hydroxylation is 1. The molecule has 3 nitrogen and oxygen atoms in total. The van der Waals surface area contributed by atoms with Gasteiger partial charge in [0.05, 0.1) is 5.02 Å². The molecule has 0 radical (unpaired) electrons. The summed E-state index contributed by atoms with van der Waals surface area (Å²) in [6.45, 7) is 2.57. The lowest BCUT2D eigenvalue weighted by Gasteiger charge is -2.19. The Labute approximate surface area is 208 Å². The van der Waals surface area contributed by atoms with Crippen molar-refractivity contribution in [2.45, 2.75) is 26.0 Å². The number of ether oxygens (including phenoxy) is 1. The Morgan fingerprint density at radius 2 is 1.82 bits per heavy atom. The zero-order chi connectivity index (χ0) is 23.5. The molecule has 0 fully saturated rings. The van der Waals surface area contributed by atoms with E-state index in [0.717, 1.165) is 33.3 Å². The van der Waals surface area contributed by atoms with Gasteiger partial charge in [0.15, 0.2) is 0 Å². The highest BCUT2D eigenvalue weighted by molar-refractivity contribution is 7.15. The largest absolute Gasteiger partial charge is 0.486 e. The first-order valence-corrected chi connectivity index (χ1v) is 12.4. The normalized spacial score (nSPS) is 12.1. The molecule has 2 N–H and O–H groups in total. The number of pyridine rings is 1. The van der Waals surface area contributed by atoms with Crippen molar-refractivity contribution in [1.29, 1.82) is 0 Å². The van der Waals surface area contributed by atoms with Crippen molar-refractivity contribution in [3.8, 4) is 16.2 Å². The maximum atomic E-state index is 6.73. The van der Waals surface area contributed by atoms with Crippen LogP contribution in [0.2, 0.25) is 5.02 Å². The number of nitrogens with zero attached hydrogens (tertiary/aromatic N) is 1. The first-order chi connectivity index (χ1) is 16.6. The van der Waals surface area contributed by atoms with E-state index in [0.29, 0.717) is 18.1 Å². The zero-order valence-electron chi connectivity index (χ0n) is 18.9. The predicted molar refractivity (Wildman–Crippen MR) is 143 cm³/mol. The van der Waals surface area contributed by atoms with Crippen molar-refractivity contribution in [1.82, 2.24) is 4.98 Å². The highest BCUT2D eigenvalue weighted by Gasteiger charge is 2.18. The quantitative estimate of drug-likeness (QED) is 0.257. The summed E-state index contributed by atoms with van der Waals surface area (Å²) in [6, 6.07) is 28.5. The summed E-state index contributed by atoms with van der Waals surface area (Å²) in [5.41, 5.74) is 11.8. The van der Waals surface area contributed by atoms with E-state index in [4.69, 9.17) is 22.1 Å². The lowest BCUT2D eigenvalue weighted by atomic mass is 9.96. The molecule has 0 bridgehead atoms. The van der Waals surface area contributed by atoms with Crippen LogP contribution in [0.1, 0.15) is 27.6 Å². The molecule has 2 aromatic heterocycles. The van der Waals surface area contributed by atoms with Crippen LogP contribution in [0.4, 0.5) is 0 Å². The molecule has 0 saturated heterocycles. The summed E-state index contributed by atoms with van der Waals surface area (Å²) in [6.07, 6.45) is 2.35. The molecule has 0 aliphatic heterocycles. The van der Waals surface area contributed by atoms with Crippen molar-refractivity contribution in [2.75, 3.05) is 0 Å². The van der Waals surface area contributed by atoms with Crippen molar-refractivity contribution in [3.63, 3.8) is 0 Å². The molecule has 5 rings (SSSR count). The summed E-state index contributed by atoms with van der Waals surface area (Å²) in [5.74, 6) is 0.740. The van der Waals surface area contributed by atoms with Gasteiger partial charge in [0, 0.05) is 27.4 Å². The van der Waals surface area contributed by atoms with Crippen LogP contribution in [0.25, 0.3) is 21.3 Å². The molecule has 3 aromatic carbocycles. The van der Waals surface area contributed by atoms with Gasteiger partial charge >= 0.3 is 0 Å². The Morgan fingerprint density at radius 3 is 2.62 bits per heavy atom. The maximum absolute atomic E-state index is 6.73. The summed E-state index contributed by atoms with van der Waals surface area (Å²) >= 11 is 8.44. The molecule has 0 aliphatic rings. The Kier molecular flexibility index (Phi) is 6.63. The van der Waals surface area contributed by atoms with E-state index in [2.05, 4.69) is 60.4 Å². The van der Waals surface area contributed by atoms with Crippen molar-refractivity contribution >= 4 is 33.8 Å². The summed E-state index contributed by atoms with van der Waals surface area (Å²) in [4.78, 5) is 7.14. The Morgan fingerprint density at radius 1 is 0.971 bits per heavy atom. The number of nitrogens with two attached hydrogens (primary N) is 1. The lowest BCUT2D eigenvalue weighted by molar-refractivity contribution is 0.305. The van der Waals surface area contributed by atoms with Crippen molar-refractivity contribution in [2.24, 2.45) is 5.73 Å². The molecular weight excluding hydrogens is 460 g/mol. The standard InChI is InChI=1S/C29H25ClN2OS/c1-19-12-13-27(34-19)22-10-5-9-21(15-22)26(31)17-23-16-25(30)24-11-6-14-32-28(24)29(23)33-18-20-7-3-2-4-8-20/h2-16,26H,17-18,31H2,1H3. The van der Waals surface area contributed by atoms with E-state index in [1.807, 2.05) is 36.4 Å². The summed E-state index contributed by atoms with van der Waals surface area (Å²) in [5, 5.41) is 1.53. The monoisotopic (exact) mass is 484 g/mol. The number of fused-ring (bicyclic) bond motifs is 1. The van der Waals surface area contributed by atoms with Crippen LogP contribution in [0, 0.1) is 6.92 Å². The molecule has 34 heavy (non-hydrogen) atoms. The second-order valence-electron chi connectivity index (χ2n) is 8.37. The maximum Gasteiger partial charge on any atom is 0.149 e. The molecule has 170 valence electrons. The minimum absolute atomic E-state index is 0.211. The van der Waals surface area contributed by atoms with Gasteiger partial charge in [0.25, 0.3) is 0 Å². The SMILES string of the molecule is Cc1ccc(-c2cccc(C(N)Cc3cc(Cl)c4cccnc4c3OCc3ccccc3)c2)s1. The second-order valence-corrected chi connectivity index (χ2v) is 10.1. The van der Waals surface area contributed by atoms with Gasteiger partial charge in [0.2, 0.25) is 0 Å². The topological polar surface area (TPSA) is 48.1 Å². The molecule has 0 aliphatic carbocycles. The molecule has 5 aromatic rings. The third-order valence-corrected chi connectivity index (χ3v) is 7.24. The minimum Gasteiger partial charge on any atom is -0.486 e. The van der Waals surface area contributed by atoms with Gasteiger partial charge in [-0.25, -0.2) is 0 Å². The van der Waals surface area contributed by atoms with Crippen LogP contribution in [0.5, 0.6) is 5.75 Å². The van der Waals surface area contributed by atoms with Gasteiger partial charge in [-0.3, -0.25) is 4.98 Å². The van der Waals surface area contributed by atoms with E-state index in [9.17, 15) is 0 Å². The first-order valence-electron chi connectivity index (χ1n) is 11.2. The number of hydrogen-bond donors (Lipinski definition) is 1. The number of aromatic nitrogens is 1. The van der Waals surface area contributed by atoms with E-state index >= 15 is 0 Å². The molecule has 2 heterocycles. The van der Waals surface area contributed by atoms with Gasteiger partial charge in [0.1, 0.15) is 17.9 Å². The van der Waals surface area contributed by atoms with E-state index in [1.165, 1.54) is 15.3 Å². The fourth-order valence-electron chi connectivity index (χ4n) is 4.14. The molecule has 0 spiro atoms. The number of halogens is 1. The second kappa shape index (κ2) is 9.98. The van der Waals surface area contributed by atoms with Crippen molar-refractivity contribution in [3.05, 3.63) is 118 Å². The molecule has 1 unspecified atom stereocenters. The number of rotatable bonds is 7. The van der Waals surface area contributed by atoms with Crippen LogP contribution in [0.3, 0.4) is 0 Å². The number of thiophene rings is 1. The highest BCUT2D eigenvalue weighted by Crippen LogP contribution is 2.37. The minimum atomic E-state index is -0.211.